The van der Waals surface area contributed by atoms with Gasteiger partial charge < -0.3 is 0 Å². The van der Waals surface area contributed by atoms with E-state index in [0.717, 1.165) is 23.7 Å². The van der Waals surface area contributed by atoms with Crippen LogP contribution in [0.1, 0.15) is 64.7 Å². The molecule has 0 atom stereocenters. The Hall–Kier alpha value is -0.520. The second kappa shape index (κ2) is 7.16. The zero-order chi connectivity index (χ0) is 12.8. The zero-order valence-electron chi connectivity index (χ0n) is 12.1. The fourth-order valence-electron chi connectivity index (χ4n) is 4.11. The molecule has 0 aliphatic heterocycles. The van der Waals surface area contributed by atoms with Crippen molar-refractivity contribution in [2.75, 3.05) is 0 Å². The third-order valence-electron chi connectivity index (χ3n) is 5.47. The number of hydrogen-bond donors (Lipinski definition) is 0. The van der Waals surface area contributed by atoms with Crippen molar-refractivity contribution in [2.45, 2.75) is 64.7 Å². The molecule has 0 bridgehead atoms. The summed E-state index contributed by atoms with van der Waals surface area (Å²) in [5.74, 6) is 4.01. The van der Waals surface area contributed by atoms with Crippen molar-refractivity contribution in [3.05, 3.63) is 24.8 Å². The van der Waals surface area contributed by atoms with E-state index in [4.69, 9.17) is 0 Å². The van der Waals surface area contributed by atoms with Gasteiger partial charge in [-0.15, -0.1) is 0 Å². The summed E-state index contributed by atoms with van der Waals surface area (Å²) in [6, 6.07) is 0. The van der Waals surface area contributed by atoms with E-state index in [1.165, 1.54) is 57.8 Å². The van der Waals surface area contributed by atoms with Crippen LogP contribution in [0.25, 0.3) is 0 Å². The Labute approximate surface area is 114 Å². The molecular weight excluding hydrogens is 216 g/mol. The second-order valence-electron chi connectivity index (χ2n) is 6.48. The van der Waals surface area contributed by atoms with E-state index in [1.807, 2.05) is 6.08 Å². The average molecular weight is 246 g/mol. The average Bonchev–Trinajstić information content (AvgIpc) is 2.46. The van der Waals surface area contributed by atoms with Crippen molar-refractivity contribution in [2.24, 2.45) is 23.7 Å². The van der Waals surface area contributed by atoms with Crippen molar-refractivity contribution >= 4 is 0 Å². The quantitative estimate of drug-likeness (QED) is 0.554. The highest BCUT2D eigenvalue weighted by molar-refractivity contribution is 5.01. The Morgan fingerprint density at radius 1 is 0.889 bits per heavy atom. The molecule has 2 saturated carbocycles. The molecule has 0 aromatic heterocycles. The van der Waals surface area contributed by atoms with Crippen LogP contribution < -0.4 is 0 Å². The summed E-state index contributed by atoms with van der Waals surface area (Å²) in [6.07, 6.45) is 19.7. The predicted molar refractivity (Wildman–Crippen MR) is 80.5 cm³/mol. The molecule has 0 heteroatoms. The summed E-state index contributed by atoms with van der Waals surface area (Å²) in [6.45, 7) is 6.13. The molecule has 0 spiro atoms. The lowest BCUT2D eigenvalue weighted by atomic mass is 9.69. The van der Waals surface area contributed by atoms with Crippen LogP contribution in [0, 0.1) is 23.7 Å². The molecule has 2 fully saturated rings. The molecule has 0 aromatic carbocycles. The molecule has 2 rings (SSSR count). The third-order valence-corrected chi connectivity index (χ3v) is 5.47. The molecule has 0 N–H and O–H groups in total. The lowest BCUT2D eigenvalue weighted by Gasteiger charge is -2.37. The third kappa shape index (κ3) is 3.73. The highest BCUT2D eigenvalue weighted by Gasteiger charge is 2.29. The summed E-state index contributed by atoms with van der Waals surface area (Å²) >= 11 is 0. The molecule has 0 saturated heterocycles. The maximum absolute atomic E-state index is 3.76. The fraction of sp³-hybridized carbons (Fsp3) is 0.778. The van der Waals surface area contributed by atoms with Crippen LogP contribution >= 0.6 is 0 Å². The molecule has 0 aromatic rings. The molecule has 0 heterocycles. The van der Waals surface area contributed by atoms with Crippen molar-refractivity contribution in [3.63, 3.8) is 0 Å². The first-order valence-electron chi connectivity index (χ1n) is 8.12. The minimum Gasteiger partial charge on any atom is -0.0991 e. The topological polar surface area (TPSA) is 0 Å². The minimum absolute atomic E-state index is 0.839. The molecule has 0 nitrogen and oxygen atoms in total. The molecule has 102 valence electrons. The van der Waals surface area contributed by atoms with Crippen molar-refractivity contribution in [3.8, 4) is 0 Å². The van der Waals surface area contributed by atoms with Crippen molar-refractivity contribution in [1.29, 1.82) is 0 Å². The summed E-state index contributed by atoms with van der Waals surface area (Å²) in [5.41, 5.74) is 0. The van der Waals surface area contributed by atoms with Gasteiger partial charge in [-0.3, -0.25) is 0 Å². The summed E-state index contributed by atoms with van der Waals surface area (Å²) in [5, 5.41) is 0. The van der Waals surface area contributed by atoms with E-state index in [-0.39, 0.29) is 0 Å². The zero-order valence-corrected chi connectivity index (χ0v) is 12.1. The van der Waals surface area contributed by atoms with Gasteiger partial charge in [-0.2, -0.15) is 0 Å². The van der Waals surface area contributed by atoms with Gasteiger partial charge in [0, 0.05) is 0 Å². The smallest absolute Gasteiger partial charge is 0.0230 e. The van der Waals surface area contributed by atoms with Gasteiger partial charge >= 0.3 is 0 Å². The maximum atomic E-state index is 3.76. The van der Waals surface area contributed by atoms with E-state index in [9.17, 15) is 0 Å². The Morgan fingerprint density at radius 2 is 1.44 bits per heavy atom. The van der Waals surface area contributed by atoms with E-state index < -0.39 is 0 Å². The van der Waals surface area contributed by atoms with Crippen LogP contribution in [0.2, 0.25) is 0 Å². The Bertz CT molecular complexity index is 260. The monoisotopic (exact) mass is 246 g/mol. The molecular formula is C18H30. The Kier molecular flexibility index (Phi) is 5.53. The number of rotatable bonds is 4. The lowest BCUT2D eigenvalue weighted by molar-refractivity contribution is 0.154. The van der Waals surface area contributed by atoms with E-state index in [2.05, 4.69) is 25.7 Å². The van der Waals surface area contributed by atoms with Crippen LogP contribution in [0.15, 0.2) is 24.8 Å². The minimum atomic E-state index is 0.839. The van der Waals surface area contributed by atoms with Gasteiger partial charge in [-0.25, -0.2) is 0 Å². The molecule has 0 amide bonds. The maximum Gasteiger partial charge on any atom is -0.0230 e. The SMILES string of the molecule is C=C/C=C/C1CCC(C2CCC(CC)CC2)CC1. The summed E-state index contributed by atoms with van der Waals surface area (Å²) < 4.78 is 0. The van der Waals surface area contributed by atoms with Gasteiger partial charge in [0.2, 0.25) is 0 Å². The highest BCUT2D eigenvalue weighted by atomic mass is 14.3. The highest BCUT2D eigenvalue weighted by Crippen LogP contribution is 2.42. The standard InChI is InChI=1S/C18H30/c1-3-5-6-16-9-13-18(14-10-16)17-11-7-15(4-2)8-12-17/h3,5-6,15-18H,1,4,7-14H2,2H3/b6-5+. The van der Waals surface area contributed by atoms with Crippen LogP contribution in [-0.4, -0.2) is 0 Å². The van der Waals surface area contributed by atoms with Crippen molar-refractivity contribution < 1.29 is 0 Å². The molecule has 0 radical (unpaired) electrons. The molecule has 18 heavy (non-hydrogen) atoms. The van der Waals surface area contributed by atoms with Gasteiger partial charge in [0.25, 0.3) is 0 Å². The number of allylic oxidation sites excluding steroid dienone is 3. The van der Waals surface area contributed by atoms with Crippen LogP contribution in [-0.2, 0) is 0 Å². The Morgan fingerprint density at radius 3 is 1.94 bits per heavy atom. The van der Waals surface area contributed by atoms with Gasteiger partial charge in [-0.05, 0) is 62.2 Å². The van der Waals surface area contributed by atoms with E-state index in [1.54, 1.807) is 0 Å². The van der Waals surface area contributed by atoms with Crippen LogP contribution in [0.5, 0.6) is 0 Å². The second-order valence-corrected chi connectivity index (χ2v) is 6.48. The van der Waals surface area contributed by atoms with Gasteiger partial charge in [-0.1, -0.05) is 51.0 Å². The first-order valence-corrected chi connectivity index (χ1v) is 8.12. The molecule has 2 aliphatic carbocycles. The Balaban J connectivity index is 1.73. The first-order chi connectivity index (χ1) is 8.83. The first kappa shape index (κ1) is 13.9. The van der Waals surface area contributed by atoms with Crippen LogP contribution in [0.4, 0.5) is 0 Å². The lowest BCUT2D eigenvalue weighted by Crippen LogP contribution is -2.25. The molecule has 2 aliphatic rings. The summed E-state index contributed by atoms with van der Waals surface area (Å²) in [7, 11) is 0. The van der Waals surface area contributed by atoms with Crippen molar-refractivity contribution in [1.82, 2.24) is 0 Å². The van der Waals surface area contributed by atoms with Gasteiger partial charge in [0.1, 0.15) is 0 Å². The molecule has 0 unspecified atom stereocenters. The predicted octanol–water partition coefficient (Wildman–Crippen LogP) is 5.75. The number of hydrogen-bond acceptors (Lipinski definition) is 0. The van der Waals surface area contributed by atoms with Crippen LogP contribution in [0.3, 0.4) is 0 Å². The van der Waals surface area contributed by atoms with E-state index in [0.29, 0.717) is 0 Å². The normalized spacial score (nSPS) is 37.8. The largest absolute Gasteiger partial charge is 0.0991 e. The van der Waals surface area contributed by atoms with Gasteiger partial charge in [0.05, 0.1) is 0 Å². The van der Waals surface area contributed by atoms with Gasteiger partial charge in [0.15, 0.2) is 0 Å². The summed E-state index contributed by atoms with van der Waals surface area (Å²) in [4.78, 5) is 0. The van der Waals surface area contributed by atoms with E-state index >= 15 is 0 Å². The fourth-order valence-corrected chi connectivity index (χ4v) is 4.11.